The molecule has 26 heavy (non-hydrogen) atoms. The van der Waals surface area contributed by atoms with Crippen molar-refractivity contribution in [3.8, 4) is 17.2 Å². The summed E-state index contributed by atoms with van der Waals surface area (Å²) < 4.78 is 10.8. The van der Waals surface area contributed by atoms with Crippen LogP contribution in [0.4, 0.5) is 6.01 Å². The number of ether oxygens (including phenoxy) is 1. The van der Waals surface area contributed by atoms with Gasteiger partial charge in [0.05, 0.1) is 6.61 Å². The van der Waals surface area contributed by atoms with E-state index >= 15 is 0 Å². The van der Waals surface area contributed by atoms with Crippen LogP contribution in [0.1, 0.15) is 12.5 Å². The Morgan fingerprint density at radius 1 is 1.15 bits per heavy atom. The highest BCUT2D eigenvalue weighted by atomic mass is 35.5. The number of carbonyl (C=O) groups excluding carboxylic acids is 1. The number of nitrogens with zero attached hydrogens (tertiary/aromatic N) is 2. The number of nitrogens with one attached hydrogen (secondary N) is 1. The van der Waals surface area contributed by atoms with Gasteiger partial charge in [-0.25, -0.2) is 0 Å². The Labute approximate surface area is 155 Å². The second kappa shape index (κ2) is 8.31. The van der Waals surface area contributed by atoms with Crippen molar-refractivity contribution < 1.29 is 13.9 Å². The minimum atomic E-state index is -0.373. The fraction of sp³-hybridized carbons (Fsp3) is 0.105. The van der Waals surface area contributed by atoms with E-state index in [0.29, 0.717) is 17.5 Å². The van der Waals surface area contributed by atoms with Crippen molar-refractivity contribution in [2.24, 2.45) is 0 Å². The largest absolute Gasteiger partial charge is 0.494 e. The number of aromatic nitrogens is 2. The molecule has 0 atom stereocenters. The minimum Gasteiger partial charge on any atom is -0.494 e. The summed E-state index contributed by atoms with van der Waals surface area (Å²) in [5, 5.41) is 10.9. The maximum atomic E-state index is 11.9. The average molecular weight is 370 g/mol. The maximum Gasteiger partial charge on any atom is 0.322 e. The smallest absolute Gasteiger partial charge is 0.322 e. The second-order valence-corrected chi connectivity index (χ2v) is 5.68. The topological polar surface area (TPSA) is 77.3 Å². The minimum absolute atomic E-state index is 0.0274. The lowest BCUT2D eigenvalue weighted by Crippen LogP contribution is -2.07. The Bertz CT molecular complexity index is 903. The zero-order chi connectivity index (χ0) is 18.4. The highest BCUT2D eigenvalue weighted by molar-refractivity contribution is 6.30. The molecule has 2 aromatic carbocycles. The number of carbonyl (C=O) groups is 1. The van der Waals surface area contributed by atoms with Crippen LogP contribution in [0, 0.1) is 0 Å². The molecule has 0 spiro atoms. The first-order valence-corrected chi connectivity index (χ1v) is 8.33. The molecule has 1 N–H and O–H groups in total. The number of anilines is 1. The quantitative estimate of drug-likeness (QED) is 0.650. The van der Waals surface area contributed by atoms with Gasteiger partial charge in [-0.2, -0.15) is 0 Å². The molecule has 0 aliphatic carbocycles. The number of benzene rings is 2. The van der Waals surface area contributed by atoms with Gasteiger partial charge in [-0.3, -0.25) is 10.1 Å². The lowest BCUT2D eigenvalue weighted by Gasteiger charge is -2.02. The fourth-order valence-corrected chi connectivity index (χ4v) is 2.27. The first kappa shape index (κ1) is 17.7. The van der Waals surface area contributed by atoms with Crippen LogP contribution in [0.5, 0.6) is 5.75 Å². The summed E-state index contributed by atoms with van der Waals surface area (Å²) in [5.41, 5.74) is 1.59. The summed E-state index contributed by atoms with van der Waals surface area (Å²) in [5.74, 6) is 0.698. The van der Waals surface area contributed by atoms with Crippen molar-refractivity contribution >= 4 is 29.6 Å². The van der Waals surface area contributed by atoms with E-state index in [-0.39, 0.29) is 11.9 Å². The first-order valence-electron chi connectivity index (χ1n) is 7.95. The lowest BCUT2D eigenvalue weighted by atomic mass is 10.2. The molecule has 7 heteroatoms. The van der Waals surface area contributed by atoms with E-state index in [2.05, 4.69) is 15.5 Å². The summed E-state index contributed by atoms with van der Waals surface area (Å²) >= 11 is 5.82. The van der Waals surface area contributed by atoms with Crippen LogP contribution in [-0.2, 0) is 4.79 Å². The molecule has 0 bridgehead atoms. The van der Waals surface area contributed by atoms with Crippen LogP contribution in [0.3, 0.4) is 0 Å². The van der Waals surface area contributed by atoms with Gasteiger partial charge in [-0.05, 0) is 55.0 Å². The van der Waals surface area contributed by atoms with Crippen molar-refractivity contribution in [3.05, 3.63) is 65.2 Å². The SMILES string of the molecule is CCOc1ccc(-c2nnc(NC(=O)/C=C/c3ccc(Cl)cc3)o2)cc1. The van der Waals surface area contributed by atoms with Gasteiger partial charge in [0.2, 0.25) is 5.89 Å². The van der Waals surface area contributed by atoms with Crippen LogP contribution in [0.2, 0.25) is 5.02 Å². The molecule has 1 aromatic heterocycles. The Hall–Kier alpha value is -3.12. The van der Waals surface area contributed by atoms with Gasteiger partial charge >= 0.3 is 6.01 Å². The van der Waals surface area contributed by atoms with E-state index in [1.165, 1.54) is 6.08 Å². The predicted octanol–water partition coefficient (Wildman–Crippen LogP) is 4.44. The fourth-order valence-electron chi connectivity index (χ4n) is 2.14. The molecule has 6 nitrogen and oxygen atoms in total. The van der Waals surface area contributed by atoms with Gasteiger partial charge in [0.1, 0.15) is 5.75 Å². The monoisotopic (exact) mass is 369 g/mol. The van der Waals surface area contributed by atoms with Gasteiger partial charge in [0.15, 0.2) is 0 Å². The third-order valence-electron chi connectivity index (χ3n) is 3.36. The molecule has 132 valence electrons. The van der Waals surface area contributed by atoms with Crippen molar-refractivity contribution in [3.63, 3.8) is 0 Å². The molecule has 0 radical (unpaired) electrons. The molecule has 3 aromatic rings. The summed E-state index contributed by atoms with van der Waals surface area (Å²) in [4.78, 5) is 11.9. The number of amides is 1. The molecule has 0 saturated carbocycles. The average Bonchev–Trinajstić information content (AvgIpc) is 3.10. The summed E-state index contributed by atoms with van der Waals surface area (Å²) in [7, 11) is 0. The van der Waals surface area contributed by atoms with E-state index in [4.69, 9.17) is 20.8 Å². The molecule has 1 heterocycles. The summed E-state index contributed by atoms with van der Waals surface area (Å²) in [6.07, 6.45) is 3.04. The van der Waals surface area contributed by atoms with Crippen LogP contribution in [0.15, 0.2) is 59.0 Å². The number of halogens is 1. The molecule has 1 amide bonds. The molecular formula is C19H16ClN3O3. The predicted molar refractivity (Wildman–Crippen MR) is 100 cm³/mol. The summed E-state index contributed by atoms with van der Waals surface area (Å²) in [6.45, 7) is 2.52. The Kier molecular flexibility index (Phi) is 5.66. The lowest BCUT2D eigenvalue weighted by molar-refractivity contribution is -0.112. The standard InChI is InChI=1S/C19H16ClN3O3/c1-2-25-16-10-6-14(7-11-16)18-22-23-19(26-18)21-17(24)12-5-13-3-8-15(20)9-4-13/h3-12H,2H2,1H3,(H,21,23,24)/b12-5+. The third-order valence-corrected chi connectivity index (χ3v) is 3.62. The highest BCUT2D eigenvalue weighted by Gasteiger charge is 2.10. The molecule has 3 rings (SSSR count). The third kappa shape index (κ3) is 4.70. The Morgan fingerprint density at radius 3 is 2.58 bits per heavy atom. The number of hydrogen-bond acceptors (Lipinski definition) is 5. The molecule has 0 aliphatic heterocycles. The normalized spacial score (nSPS) is 10.8. The van der Waals surface area contributed by atoms with Gasteiger partial charge < -0.3 is 9.15 Å². The molecular weight excluding hydrogens is 354 g/mol. The Balaban J connectivity index is 1.62. The van der Waals surface area contributed by atoms with Gasteiger partial charge in [-0.15, -0.1) is 5.10 Å². The van der Waals surface area contributed by atoms with Crippen LogP contribution >= 0.6 is 11.6 Å². The van der Waals surface area contributed by atoms with Gasteiger partial charge in [0, 0.05) is 16.7 Å². The first-order chi connectivity index (χ1) is 12.6. The van der Waals surface area contributed by atoms with E-state index in [9.17, 15) is 4.79 Å². The number of rotatable bonds is 6. The zero-order valence-electron chi connectivity index (χ0n) is 14.0. The van der Waals surface area contributed by atoms with E-state index < -0.39 is 0 Å². The van der Waals surface area contributed by atoms with Gasteiger partial charge in [0.25, 0.3) is 5.91 Å². The molecule has 0 fully saturated rings. The molecule has 0 saturated heterocycles. The van der Waals surface area contributed by atoms with Crippen LogP contribution < -0.4 is 10.1 Å². The van der Waals surface area contributed by atoms with Crippen LogP contribution in [0.25, 0.3) is 17.5 Å². The summed E-state index contributed by atoms with van der Waals surface area (Å²) in [6, 6.07) is 14.4. The van der Waals surface area contributed by atoms with Gasteiger partial charge in [-0.1, -0.05) is 28.8 Å². The van der Waals surface area contributed by atoms with E-state index in [1.807, 2.05) is 43.3 Å². The van der Waals surface area contributed by atoms with Crippen LogP contribution in [-0.4, -0.2) is 22.7 Å². The molecule has 0 aliphatic rings. The maximum absolute atomic E-state index is 11.9. The molecule has 0 unspecified atom stereocenters. The van der Waals surface area contributed by atoms with E-state index in [0.717, 1.165) is 16.9 Å². The van der Waals surface area contributed by atoms with Crippen molar-refractivity contribution in [1.82, 2.24) is 10.2 Å². The zero-order valence-corrected chi connectivity index (χ0v) is 14.7. The van der Waals surface area contributed by atoms with E-state index in [1.54, 1.807) is 18.2 Å². The van der Waals surface area contributed by atoms with Crippen molar-refractivity contribution in [2.75, 3.05) is 11.9 Å². The second-order valence-electron chi connectivity index (χ2n) is 5.24. The number of hydrogen-bond donors (Lipinski definition) is 1. The van der Waals surface area contributed by atoms with Crippen molar-refractivity contribution in [1.29, 1.82) is 0 Å². The van der Waals surface area contributed by atoms with Crippen molar-refractivity contribution in [2.45, 2.75) is 6.92 Å². The Morgan fingerprint density at radius 2 is 1.88 bits per heavy atom. The highest BCUT2D eigenvalue weighted by Crippen LogP contribution is 2.22.